The average Bonchev–Trinajstić information content (AvgIpc) is 3.11. The van der Waals surface area contributed by atoms with Gasteiger partial charge < -0.3 is 24.3 Å². The number of carbonyl (C=O) groups is 2. The van der Waals surface area contributed by atoms with Crippen molar-refractivity contribution in [2.45, 2.75) is 25.4 Å². The Balaban J connectivity index is 1.49. The predicted molar refractivity (Wildman–Crippen MR) is 119 cm³/mol. The van der Waals surface area contributed by atoms with Crippen molar-refractivity contribution < 1.29 is 28.5 Å². The van der Waals surface area contributed by atoms with Crippen molar-refractivity contribution in [3.63, 3.8) is 0 Å². The summed E-state index contributed by atoms with van der Waals surface area (Å²) in [5.74, 6) is -0.448. The van der Waals surface area contributed by atoms with Gasteiger partial charge in [-0.2, -0.15) is 0 Å². The van der Waals surface area contributed by atoms with Gasteiger partial charge in [0.2, 0.25) is 17.2 Å². The topological polar surface area (TPSA) is 86.3 Å². The highest BCUT2D eigenvalue weighted by Crippen LogP contribution is 2.52. The lowest BCUT2D eigenvalue weighted by atomic mass is 9.74. The number of hydrogen-bond donors (Lipinski definition) is 1. The number of halogens is 1. The molecule has 1 fully saturated rings. The molecule has 0 bridgehead atoms. The van der Waals surface area contributed by atoms with E-state index in [0.717, 1.165) is 51.5 Å². The van der Waals surface area contributed by atoms with Crippen LogP contribution in [0.4, 0.5) is 0 Å². The summed E-state index contributed by atoms with van der Waals surface area (Å²) in [6.45, 7) is 7.06. The summed E-state index contributed by atoms with van der Waals surface area (Å²) in [5.41, 5.74) is -0.628. The fourth-order valence-electron chi connectivity index (χ4n) is 4.63. The summed E-state index contributed by atoms with van der Waals surface area (Å²) in [7, 11) is 2.92. The minimum absolute atomic E-state index is 0.142. The van der Waals surface area contributed by atoms with Crippen molar-refractivity contribution in [3.8, 4) is 17.2 Å². The smallest absolute Gasteiger partial charge is 0.236 e. The molecule has 1 aliphatic carbocycles. The Bertz CT molecular complexity index is 943. The number of fused-ring (bicyclic) bond motifs is 1. The molecule has 2 aliphatic heterocycles. The number of carbonyl (C=O) groups excluding carboxylic acids is 2. The quantitative estimate of drug-likeness (QED) is 0.486. The summed E-state index contributed by atoms with van der Waals surface area (Å²) in [5, 5.41) is 3.52. The van der Waals surface area contributed by atoms with Crippen LogP contribution in [0.25, 0.3) is 0 Å². The molecule has 0 radical (unpaired) electrons. The minimum atomic E-state index is -1.63. The van der Waals surface area contributed by atoms with Gasteiger partial charge in [0, 0.05) is 43.4 Å². The maximum absolute atomic E-state index is 13.5. The van der Waals surface area contributed by atoms with E-state index in [4.69, 9.17) is 30.5 Å². The molecule has 1 spiro atoms. The van der Waals surface area contributed by atoms with Crippen molar-refractivity contribution in [2.24, 2.45) is 5.92 Å². The molecular weight excluding hydrogens is 436 g/mol. The zero-order valence-electron chi connectivity index (χ0n) is 18.7. The molecule has 1 N–H and O–H groups in total. The van der Waals surface area contributed by atoms with E-state index in [1.165, 1.54) is 26.4 Å². The summed E-state index contributed by atoms with van der Waals surface area (Å²) in [6, 6.07) is 1.54. The van der Waals surface area contributed by atoms with Crippen LogP contribution in [-0.2, 0) is 9.53 Å². The molecule has 0 amide bonds. The first-order valence-corrected chi connectivity index (χ1v) is 11.3. The number of nitrogens with one attached hydrogen (secondary N) is 1. The number of ketones is 2. The molecule has 4 rings (SSSR count). The van der Waals surface area contributed by atoms with Crippen LogP contribution in [0.1, 0.15) is 30.1 Å². The van der Waals surface area contributed by atoms with Gasteiger partial charge in [0.25, 0.3) is 0 Å². The molecular formula is C23H29ClN2O6. The van der Waals surface area contributed by atoms with E-state index in [1.807, 2.05) is 6.92 Å². The Hall–Kier alpha value is -2.29. The zero-order chi connectivity index (χ0) is 22.9. The molecule has 174 valence electrons. The Morgan fingerprint density at radius 2 is 1.94 bits per heavy atom. The van der Waals surface area contributed by atoms with Gasteiger partial charge in [-0.3, -0.25) is 14.5 Å². The molecule has 2 unspecified atom stereocenters. The fraction of sp³-hybridized carbons (Fsp3) is 0.565. The lowest BCUT2D eigenvalue weighted by Gasteiger charge is -2.35. The summed E-state index contributed by atoms with van der Waals surface area (Å²) in [6.07, 6.45) is 2.97. The van der Waals surface area contributed by atoms with E-state index in [1.54, 1.807) is 0 Å². The third-order valence-electron chi connectivity index (χ3n) is 6.42. The maximum Gasteiger partial charge on any atom is 0.236 e. The number of nitrogens with zero attached hydrogens (tertiary/aromatic N) is 1. The van der Waals surface area contributed by atoms with Gasteiger partial charge in [-0.1, -0.05) is 18.5 Å². The highest BCUT2D eigenvalue weighted by molar-refractivity contribution is 6.36. The van der Waals surface area contributed by atoms with Crippen molar-refractivity contribution in [2.75, 3.05) is 53.6 Å². The number of morpholine rings is 1. The second kappa shape index (κ2) is 9.29. The molecule has 2 heterocycles. The van der Waals surface area contributed by atoms with E-state index in [-0.39, 0.29) is 33.8 Å². The minimum Gasteiger partial charge on any atom is -0.496 e. The maximum atomic E-state index is 13.5. The Labute approximate surface area is 192 Å². The van der Waals surface area contributed by atoms with Gasteiger partial charge in [0.1, 0.15) is 22.1 Å². The third-order valence-corrected chi connectivity index (χ3v) is 6.77. The number of hydrogen-bond acceptors (Lipinski definition) is 8. The number of ether oxygens (including phenoxy) is 4. The molecule has 2 atom stereocenters. The van der Waals surface area contributed by atoms with Crippen molar-refractivity contribution >= 4 is 23.2 Å². The van der Waals surface area contributed by atoms with Crippen molar-refractivity contribution in [1.29, 1.82) is 0 Å². The molecule has 32 heavy (non-hydrogen) atoms. The first kappa shape index (κ1) is 22.9. The van der Waals surface area contributed by atoms with E-state index in [2.05, 4.69) is 10.2 Å². The first-order chi connectivity index (χ1) is 15.4. The Kier molecular flexibility index (Phi) is 6.65. The fourth-order valence-corrected chi connectivity index (χ4v) is 4.89. The van der Waals surface area contributed by atoms with Crippen molar-refractivity contribution in [3.05, 3.63) is 28.4 Å². The SMILES string of the molecule is COc1cc(OC)c2c(c1Cl)OC1(C(=O)C=C(NCCCN3CCOCC3)CC1C)C2=O. The van der Waals surface area contributed by atoms with E-state index in [9.17, 15) is 9.59 Å². The van der Waals surface area contributed by atoms with E-state index in [0.29, 0.717) is 12.2 Å². The zero-order valence-corrected chi connectivity index (χ0v) is 19.4. The molecule has 1 saturated heterocycles. The van der Waals surface area contributed by atoms with Gasteiger partial charge in [0.15, 0.2) is 5.75 Å². The van der Waals surface area contributed by atoms with Crippen LogP contribution >= 0.6 is 11.6 Å². The number of rotatable bonds is 7. The van der Waals surface area contributed by atoms with Crippen molar-refractivity contribution in [1.82, 2.24) is 10.2 Å². The lowest BCUT2D eigenvalue weighted by Crippen LogP contribution is -2.55. The lowest BCUT2D eigenvalue weighted by molar-refractivity contribution is -0.129. The second-order valence-corrected chi connectivity index (χ2v) is 8.72. The molecule has 1 aromatic rings. The normalized spacial score (nSPS) is 25.4. The van der Waals surface area contributed by atoms with Crippen LogP contribution < -0.4 is 19.5 Å². The third kappa shape index (κ3) is 3.84. The second-order valence-electron chi connectivity index (χ2n) is 8.34. The molecule has 8 nitrogen and oxygen atoms in total. The van der Waals surface area contributed by atoms with Crippen LogP contribution in [0.3, 0.4) is 0 Å². The predicted octanol–water partition coefficient (Wildman–Crippen LogP) is 2.48. The molecule has 9 heteroatoms. The van der Waals surface area contributed by atoms with Gasteiger partial charge >= 0.3 is 0 Å². The number of allylic oxidation sites excluding steroid dienone is 1. The average molecular weight is 465 g/mol. The number of Topliss-reactive ketones (excluding diaryl/α,β-unsaturated/α-hetero) is 1. The first-order valence-electron chi connectivity index (χ1n) is 10.9. The number of methoxy groups -OCH3 is 2. The highest BCUT2D eigenvalue weighted by atomic mass is 35.5. The molecule has 1 aromatic carbocycles. The largest absolute Gasteiger partial charge is 0.496 e. The monoisotopic (exact) mass is 464 g/mol. The Morgan fingerprint density at radius 1 is 1.22 bits per heavy atom. The summed E-state index contributed by atoms with van der Waals surface area (Å²) < 4.78 is 22.1. The van der Waals surface area contributed by atoms with E-state index >= 15 is 0 Å². The highest BCUT2D eigenvalue weighted by Gasteiger charge is 2.60. The molecule has 0 aromatic heterocycles. The summed E-state index contributed by atoms with van der Waals surface area (Å²) >= 11 is 6.42. The van der Waals surface area contributed by atoms with Crippen LogP contribution in [0.15, 0.2) is 17.8 Å². The van der Waals surface area contributed by atoms with Crippen LogP contribution in [0.5, 0.6) is 17.2 Å². The van der Waals surface area contributed by atoms with Gasteiger partial charge in [-0.25, -0.2) is 0 Å². The number of benzene rings is 1. The molecule has 0 saturated carbocycles. The van der Waals surface area contributed by atoms with Gasteiger partial charge in [-0.15, -0.1) is 0 Å². The van der Waals surface area contributed by atoms with Crippen LogP contribution in [0.2, 0.25) is 5.02 Å². The molecule has 3 aliphatic rings. The van der Waals surface area contributed by atoms with E-state index < -0.39 is 11.4 Å². The summed E-state index contributed by atoms with van der Waals surface area (Å²) in [4.78, 5) is 29.1. The standard InChI is InChI=1S/C23H29ClN2O6/c1-14-11-15(25-5-4-6-26-7-9-31-10-8-26)12-18(27)23(14)22(28)19-16(29-2)13-17(30-3)20(24)21(19)32-23/h12-14,25H,4-11H2,1-3H3. The van der Waals surface area contributed by atoms with Crippen LogP contribution in [-0.4, -0.2) is 75.7 Å². The van der Waals surface area contributed by atoms with Crippen LogP contribution in [0, 0.1) is 5.92 Å². The Morgan fingerprint density at radius 3 is 2.59 bits per heavy atom. The van der Waals surface area contributed by atoms with Gasteiger partial charge in [0.05, 0.1) is 27.4 Å². The van der Waals surface area contributed by atoms with Gasteiger partial charge in [-0.05, 0) is 19.4 Å².